The first kappa shape index (κ1) is 27.8. The summed E-state index contributed by atoms with van der Waals surface area (Å²) in [6, 6.07) is 9.01. The summed E-state index contributed by atoms with van der Waals surface area (Å²) in [6.45, 7) is 1.25. The molecule has 0 bridgehead atoms. The number of esters is 1. The van der Waals surface area contributed by atoms with Crippen molar-refractivity contribution in [2.24, 2.45) is 5.92 Å². The van der Waals surface area contributed by atoms with E-state index in [9.17, 15) is 32.3 Å². The molecule has 1 aromatic heterocycles. The average Bonchev–Trinajstić information content (AvgIpc) is 3.31. The Hall–Kier alpha value is -2.80. The van der Waals surface area contributed by atoms with Crippen LogP contribution < -0.4 is 9.77 Å². The number of imide groups is 1. The largest absolute Gasteiger partial charge is 0.465 e. The number of ether oxygens (including phenoxy) is 1. The molecule has 2 aromatic carbocycles. The van der Waals surface area contributed by atoms with Gasteiger partial charge in [0.2, 0.25) is 11.8 Å². The van der Waals surface area contributed by atoms with Gasteiger partial charge in [-0.1, -0.05) is 70.6 Å². The number of halogens is 5. The maximum absolute atomic E-state index is 13.9. The number of alkyl halides is 3. The second kappa shape index (κ2) is 10.3. The lowest BCUT2D eigenvalue weighted by Gasteiger charge is -2.31. The van der Waals surface area contributed by atoms with E-state index in [2.05, 4.69) is 0 Å². The molecule has 204 valence electrons. The molecule has 3 aromatic rings. The highest BCUT2D eigenvalue weighted by Gasteiger charge is 2.58. The molecule has 0 aliphatic carbocycles. The van der Waals surface area contributed by atoms with Crippen molar-refractivity contribution in [3.63, 3.8) is 0 Å². The van der Waals surface area contributed by atoms with E-state index in [1.54, 1.807) is 19.1 Å². The smallest absolute Gasteiger partial charge is 0.418 e. The number of carbonyl (C=O) groups excluding carboxylic acids is 3. The molecule has 5 rings (SSSR count). The molecule has 0 saturated carbocycles. The number of fused-ring (bicyclic) bond motifs is 2. The van der Waals surface area contributed by atoms with Crippen LogP contribution in [0.15, 0.2) is 52.3 Å². The topological polar surface area (TPSA) is 85.7 Å². The van der Waals surface area contributed by atoms with E-state index in [1.807, 2.05) is 0 Å². The fraction of sp³-hybridized carbons (Fsp3) is 0.280. The lowest BCUT2D eigenvalue weighted by atomic mass is 9.83. The molecule has 3 atom stereocenters. The SMILES string of the molecule is CCOC(=O)Cn1c2c(sc1=O)C(c1cccc(Cl)c1Cl)C1C(=O)N(c3ccccc3C(F)(F)F)C(=O)C1S2. The van der Waals surface area contributed by atoms with Crippen LogP contribution in [0.4, 0.5) is 18.9 Å². The third kappa shape index (κ3) is 4.66. The number of anilines is 1. The quantitative estimate of drug-likeness (QED) is 0.274. The Morgan fingerprint density at radius 1 is 1.05 bits per heavy atom. The Bertz CT molecular complexity index is 1570. The lowest BCUT2D eigenvalue weighted by molar-refractivity contribution is -0.144. The number of hydrogen-bond donors (Lipinski definition) is 0. The van der Waals surface area contributed by atoms with Crippen molar-refractivity contribution in [3.05, 3.63) is 78.2 Å². The zero-order valence-electron chi connectivity index (χ0n) is 19.8. The van der Waals surface area contributed by atoms with Crippen molar-refractivity contribution < 1.29 is 32.3 Å². The molecule has 7 nitrogen and oxygen atoms in total. The second-order valence-electron chi connectivity index (χ2n) is 8.64. The van der Waals surface area contributed by atoms with Crippen LogP contribution in [0.1, 0.15) is 28.8 Å². The number of thiazole rings is 1. The Morgan fingerprint density at radius 2 is 1.77 bits per heavy atom. The number of rotatable bonds is 5. The number of thioether (sulfide) groups is 1. The van der Waals surface area contributed by atoms with Gasteiger partial charge in [-0.3, -0.25) is 23.7 Å². The van der Waals surface area contributed by atoms with Crippen molar-refractivity contribution in [1.82, 2.24) is 4.57 Å². The number of nitrogens with zero attached hydrogens (tertiary/aromatic N) is 2. The predicted octanol–water partition coefficient (Wildman–Crippen LogP) is 5.59. The molecule has 39 heavy (non-hydrogen) atoms. The number of amides is 2. The van der Waals surface area contributed by atoms with Crippen LogP contribution in [0, 0.1) is 5.92 Å². The molecular weight excluding hydrogens is 600 g/mol. The molecule has 3 heterocycles. The second-order valence-corrected chi connectivity index (χ2v) is 11.5. The Labute approximate surface area is 237 Å². The van der Waals surface area contributed by atoms with E-state index in [4.69, 9.17) is 27.9 Å². The van der Waals surface area contributed by atoms with Crippen LogP contribution in [-0.2, 0) is 31.8 Å². The predicted molar refractivity (Wildman–Crippen MR) is 141 cm³/mol. The third-order valence-corrected chi connectivity index (χ3v) is 9.85. The summed E-state index contributed by atoms with van der Waals surface area (Å²) in [6.07, 6.45) is -4.83. The van der Waals surface area contributed by atoms with E-state index in [-0.39, 0.29) is 21.7 Å². The van der Waals surface area contributed by atoms with Crippen LogP contribution in [0.25, 0.3) is 0 Å². The minimum Gasteiger partial charge on any atom is -0.465 e. The van der Waals surface area contributed by atoms with Crippen LogP contribution in [0.3, 0.4) is 0 Å². The van der Waals surface area contributed by atoms with E-state index < -0.39 is 63.7 Å². The molecule has 0 spiro atoms. The summed E-state index contributed by atoms with van der Waals surface area (Å²) < 4.78 is 47.7. The van der Waals surface area contributed by atoms with Crippen LogP contribution in [0.2, 0.25) is 10.0 Å². The van der Waals surface area contributed by atoms with Crippen molar-refractivity contribution >= 4 is 69.8 Å². The standard InChI is InChI=1S/C25H17Cl2F3N2O5S2/c1-2-37-15(33)10-31-23-20(39-24(31)36)16(11-6-5-8-13(26)18(11)27)17-19(38-23)22(35)32(21(17)34)14-9-4-3-7-12(14)25(28,29)30/h3-9,16-17,19H,2,10H2,1H3. The maximum atomic E-state index is 13.9. The Morgan fingerprint density at radius 3 is 2.46 bits per heavy atom. The van der Waals surface area contributed by atoms with E-state index in [0.29, 0.717) is 15.3 Å². The molecule has 2 aliphatic heterocycles. The van der Waals surface area contributed by atoms with Gasteiger partial charge in [-0.2, -0.15) is 13.2 Å². The summed E-state index contributed by atoms with van der Waals surface area (Å²) in [5, 5.41) is -0.728. The van der Waals surface area contributed by atoms with E-state index in [1.165, 1.54) is 18.2 Å². The average molecular weight is 617 g/mol. The first-order valence-corrected chi connectivity index (χ1v) is 13.9. The van der Waals surface area contributed by atoms with Crippen molar-refractivity contribution in [2.45, 2.75) is 35.8 Å². The molecule has 3 unspecified atom stereocenters. The van der Waals surface area contributed by atoms with E-state index in [0.717, 1.165) is 39.8 Å². The zero-order valence-corrected chi connectivity index (χ0v) is 23.0. The van der Waals surface area contributed by atoms with E-state index >= 15 is 0 Å². The summed E-state index contributed by atoms with van der Waals surface area (Å²) in [5.41, 5.74) is -1.39. The van der Waals surface area contributed by atoms with Gasteiger partial charge in [0.25, 0.3) is 0 Å². The van der Waals surface area contributed by atoms with Gasteiger partial charge in [0, 0.05) is 10.8 Å². The highest BCUT2D eigenvalue weighted by atomic mass is 35.5. The van der Waals surface area contributed by atoms with Crippen molar-refractivity contribution in [1.29, 1.82) is 0 Å². The highest BCUT2D eigenvalue weighted by molar-refractivity contribution is 8.00. The number of para-hydroxylation sites is 1. The van der Waals surface area contributed by atoms with Crippen molar-refractivity contribution in [2.75, 3.05) is 11.5 Å². The molecule has 1 fully saturated rings. The maximum Gasteiger partial charge on any atom is 0.418 e. The number of aromatic nitrogens is 1. The van der Waals surface area contributed by atoms with Crippen LogP contribution >= 0.6 is 46.3 Å². The summed E-state index contributed by atoms with van der Waals surface area (Å²) in [7, 11) is 0. The summed E-state index contributed by atoms with van der Waals surface area (Å²) >= 11 is 14.4. The van der Waals surface area contributed by atoms with Gasteiger partial charge >= 0.3 is 17.0 Å². The Balaban J connectivity index is 1.70. The fourth-order valence-electron chi connectivity index (χ4n) is 4.83. The zero-order chi connectivity index (χ0) is 28.2. The molecule has 0 N–H and O–H groups in total. The lowest BCUT2D eigenvalue weighted by Crippen LogP contribution is -2.33. The molecular formula is C25H17Cl2F3N2O5S2. The summed E-state index contributed by atoms with van der Waals surface area (Å²) in [5.74, 6) is -4.60. The number of hydrogen-bond acceptors (Lipinski definition) is 7. The van der Waals surface area contributed by atoms with Gasteiger partial charge in [0.05, 0.1) is 38.8 Å². The number of carbonyl (C=O) groups is 3. The van der Waals surface area contributed by atoms with Gasteiger partial charge in [0.1, 0.15) is 11.8 Å². The minimum atomic E-state index is -4.83. The Kier molecular flexibility index (Phi) is 7.34. The van der Waals surface area contributed by atoms with Crippen LogP contribution in [-0.4, -0.2) is 34.2 Å². The molecule has 0 radical (unpaired) electrons. The molecule has 2 aliphatic rings. The van der Waals surface area contributed by atoms with Gasteiger partial charge in [-0.15, -0.1) is 0 Å². The van der Waals surface area contributed by atoms with Gasteiger partial charge in [-0.25, -0.2) is 4.90 Å². The minimum absolute atomic E-state index is 0.0768. The molecule has 14 heteroatoms. The highest BCUT2D eigenvalue weighted by Crippen LogP contribution is 2.55. The third-order valence-electron chi connectivity index (χ3n) is 6.41. The van der Waals surface area contributed by atoms with Gasteiger partial charge in [0.15, 0.2) is 0 Å². The summed E-state index contributed by atoms with van der Waals surface area (Å²) in [4.78, 5) is 53.2. The normalized spacial score (nSPS) is 20.7. The first-order valence-electron chi connectivity index (χ1n) is 11.5. The number of benzene rings is 2. The van der Waals surface area contributed by atoms with Gasteiger partial charge in [-0.05, 0) is 30.7 Å². The van der Waals surface area contributed by atoms with Gasteiger partial charge < -0.3 is 4.74 Å². The van der Waals surface area contributed by atoms with Crippen LogP contribution in [0.5, 0.6) is 0 Å². The molecule has 2 amide bonds. The molecule has 1 saturated heterocycles. The van der Waals surface area contributed by atoms with Crippen molar-refractivity contribution in [3.8, 4) is 0 Å². The monoisotopic (exact) mass is 616 g/mol. The fourth-order valence-corrected chi connectivity index (χ4v) is 8.02. The first-order chi connectivity index (χ1) is 18.5.